The number of hydrogen-bond acceptors (Lipinski definition) is 4. The highest BCUT2D eigenvalue weighted by atomic mass is 32.1. The van der Waals surface area contributed by atoms with E-state index in [0.717, 1.165) is 48.0 Å². The Morgan fingerprint density at radius 2 is 2.38 bits per heavy atom. The van der Waals surface area contributed by atoms with Gasteiger partial charge in [0.05, 0.1) is 22.8 Å². The third-order valence-electron chi connectivity index (χ3n) is 3.72. The Bertz CT molecular complexity index is 646. The maximum Gasteiger partial charge on any atom is 0.226 e. The zero-order chi connectivity index (χ0) is 14.8. The first-order valence-electron chi connectivity index (χ1n) is 7.39. The van der Waals surface area contributed by atoms with Crippen molar-refractivity contribution in [3.05, 3.63) is 33.8 Å². The second kappa shape index (κ2) is 5.97. The number of amides is 1. The van der Waals surface area contributed by atoms with Crippen molar-refractivity contribution in [2.24, 2.45) is 0 Å². The van der Waals surface area contributed by atoms with Crippen molar-refractivity contribution in [1.82, 2.24) is 19.9 Å². The molecule has 2 aromatic heterocycles. The van der Waals surface area contributed by atoms with Crippen LogP contribution in [0.2, 0.25) is 0 Å². The Balaban J connectivity index is 1.56. The molecular weight excluding hydrogens is 284 g/mol. The Labute approximate surface area is 128 Å². The van der Waals surface area contributed by atoms with Crippen LogP contribution in [0, 0.1) is 6.92 Å². The summed E-state index contributed by atoms with van der Waals surface area (Å²) in [5.41, 5.74) is 1.93. The zero-order valence-corrected chi connectivity index (χ0v) is 13.2. The average Bonchev–Trinajstić information content (AvgIpc) is 3.03. The number of nitrogens with one attached hydrogen (secondary N) is 1. The van der Waals surface area contributed by atoms with Crippen LogP contribution in [0.4, 0.5) is 0 Å². The molecule has 0 saturated carbocycles. The lowest BCUT2D eigenvalue weighted by atomic mass is 10.1. The number of thiazole rings is 1. The zero-order valence-electron chi connectivity index (χ0n) is 12.4. The molecule has 0 bridgehead atoms. The Morgan fingerprint density at radius 3 is 3.14 bits per heavy atom. The molecule has 1 aliphatic heterocycles. The van der Waals surface area contributed by atoms with E-state index in [4.69, 9.17) is 0 Å². The fraction of sp³-hybridized carbons (Fsp3) is 0.533. The van der Waals surface area contributed by atoms with Crippen LogP contribution in [0.25, 0.3) is 0 Å². The molecule has 0 aromatic carbocycles. The van der Waals surface area contributed by atoms with Crippen LogP contribution in [0.1, 0.15) is 35.6 Å². The predicted octanol–water partition coefficient (Wildman–Crippen LogP) is 1.88. The van der Waals surface area contributed by atoms with Gasteiger partial charge in [-0.3, -0.25) is 4.79 Å². The topological polar surface area (TPSA) is 59.8 Å². The van der Waals surface area contributed by atoms with Crippen LogP contribution in [0.3, 0.4) is 0 Å². The second-order valence-corrected chi connectivity index (χ2v) is 6.46. The van der Waals surface area contributed by atoms with E-state index in [0.29, 0.717) is 6.42 Å². The maximum absolute atomic E-state index is 12.1. The summed E-state index contributed by atoms with van der Waals surface area (Å²) in [7, 11) is 0. The van der Waals surface area contributed by atoms with Crippen LogP contribution in [-0.4, -0.2) is 26.5 Å². The number of aryl methyl sites for hydroxylation is 3. The summed E-state index contributed by atoms with van der Waals surface area (Å²) in [6, 6.07) is 0.197. The van der Waals surface area contributed by atoms with Crippen molar-refractivity contribution in [3.63, 3.8) is 0 Å². The molecule has 2 aromatic rings. The molecule has 1 aliphatic rings. The van der Waals surface area contributed by atoms with Crippen molar-refractivity contribution in [1.29, 1.82) is 0 Å². The Morgan fingerprint density at radius 1 is 1.52 bits per heavy atom. The molecule has 21 heavy (non-hydrogen) atoms. The quantitative estimate of drug-likeness (QED) is 0.938. The van der Waals surface area contributed by atoms with E-state index in [2.05, 4.69) is 33.0 Å². The number of carbonyl (C=O) groups excluding carboxylic acids is 1. The smallest absolute Gasteiger partial charge is 0.226 e. The maximum atomic E-state index is 12.1. The Kier molecular flexibility index (Phi) is 4.05. The van der Waals surface area contributed by atoms with Gasteiger partial charge in [-0.15, -0.1) is 11.3 Å². The van der Waals surface area contributed by atoms with Crippen molar-refractivity contribution >= 4 is 17.2 Å². The largest absolute Gasteiger partial charge is 0.351 e. The molecule has 0 fully saturated rings. The van der Waals surface area contributed by atoms with Gasteiger partial charge < -0.3 is 9.88 Å². The van der Waals surface area contributed by atoms with E-state index in [1.807, 2.05) is 12.3 Å². The number of rotatable bonds is 4. The summed E-state index contributed by atoms with van der Waals surface area (Å²) in [6.07, 6.45) is 5.25. The lowest BCUT2D eigenvalue weighted by Crippen LogP contribution is -2.41. The molecule has 3 heterocycles. The lowest BCUT2D eigenvalue weighted by molar-refractivity contribution is -0.121. The summed E-state index contributed by atoms with van der Waals surface area (Å²) in [5.74, 6) is 1.19. The van der Waals surface area contributed by atoms with E-state index in [1.54, 1.807) is 11.3 Å². The highest BCUT2D eigenvalue weighted by Gasteiger charge is 2.21. The number of fused-ring (bicyclic) bond motifs is 1. The molecule has 0 radical (unpaired) electrons. The minimum Gasteiger partial charge on any atom is -0.351 e. The second-order valence-electron chi connectivity index (χ2n) is 5.52. The van der Waals surface area contributed by atoms with Crippen LogP contribution in [-0.2, 0) is 30.6 Å². The fourth-order valence-electron chi connectivity index (χ4n) is 2.74. The summed E-state index contributed by atoms with van der Waals surface area (Å²) in [6.45, 7) is 4.90. The third kappa shape index (κ3) is 3.32. The molecular formula is C15H20N4OS. The van der Waals surface area contributed by atoms with Gasteiger partial charge in [-0.2, -0.15) is 0 Å². The number of carbonyl (C=O) groups is 1. The average molecular weight is 304 g/mol. The molecule has 5 nitrogen and oxygen atoms in total. The fourth-order valence-corrected chi connectivity index (χ4v) is 3.48. The van der Waals surface area contributed by atoms with Gasteiger partial charge in [0, 0.05) is 30.6 Å². The Hall–Kier alpha value is -1.69. The van der Waals surface area contributed by atoms with Crippen molar-refractivity contribution in [2.45, 2.75) is 52.1 Å². The molecule has 112 valence electrons. The van der Waals surface area contributed by atoms with Crippen LogP contribution in [0.15, 0.2) is 11.6 Å². The van der Waals surface area contributed by atoms with Gasteiger partial charge in [0.2, 0.25) is 5.91 Å². The van der Waals surface area contributed by atoms with Crippen LogP contribution < -0.4 is 5.32 Å². The molecule has 3 rings (SSSR count). The van der Waals surface area contributed by atoms with Gasteiger partial charge in [0.15, 0.2) is 0 Å². The highest BCUT2D eigenvalue weighted by Crippen LogP contribution is 2.15. The van der Waals surface area contributed by atoms with Crippen molar-refractivity contribution in [2.75, 3.05) is 0 Å². The minimum atomic E-state index is 0.0632. The molecule has 1 amide bonds. The SMILES string of the molecule is CCc1nc(CC(=O)NC2CCc3nc(C)cn3C2)cs1. The minimum absolute atomic E-state index is 0.0632. The molecule has 6 heteroatoms. The van der Waals surface area contributed by atoms with Gasteiger partial charge >= 0.3 is 0 Å². The van der Waals surface area contributed by atoms with Crippen molar-refractivity contribution < 1.29 is 4.79 Å². The van der Waals surface area contributed by atoms with E-state index < -0.39 is 0 Å². The monoisotopic (exact) mass is 304 g/mol. The van der Waals surface area contributed by atoms with Crippen LogP contribution in [0.5, 0.6) is 0 Å². The first-order valence-corrected chi connectivity index (χ1v) is 8.27. The first kappa shape index (κ1) is 14.3. The number of imidazole rings is 1. The lowest BCUT2D eigenvalue weighted by Gasteiger charge is -2.24. The standard InChI is InChI=1S/C15H20N4OS/c1-3-15-18-12(9-21-15)6-14(20)17-11-4-5-13-16-10(2)7-19(13)8-11/h7,9,11H,3-6,8H2,1-2H3,(H,17,20). The van der Waals surface area contributed by atoms with Gasteiger partial charge in [-0.05, 0) is 19.8 Å². The van der Waals surface area contributed by atoms with E-state index in [-0.39, 0.29) is 11.9 Å². The number of nitrogens with zero attached hydrogens (tertiary/aromatic N) is 3. The number of hydrogen-bond donors (Lipinski definition) is 1. The third-order valence-corrected chi connectivity index (χ3v) is 4.76. The highest BCUT2D eigenvalue weighted by molar-refractivity contribution is 7.09. The summed E-state index contributed by atoms with van der Waals surface area (Å²) in [4.78, 5) is 21.1. The molecule has 0 spiro atoms. The summed E-state index contributed by atoms with van der Waals surface area (Å²) in [5, 5.41) is 6.20. The van der Waals surface area contributed by atoms with E-state index in [9.17, 15) is 4.79 Å². The molecule has 1 unspecified atom stereocenters. The molecule has 0 aliphatic carbocycles. The van der Waals surface area contributed by atoms with Gasteiger partial charge in [-0.25, -0.2) is 9.97 Å². The van der Waals surface area contributed by atoms with E-state index >= 15 is 0 Å². The van der Waals surface area contributed by atoms with Crippen molar-refractivity contribution in [3.8, 4) is 0 Å². The van der Waals surface area contributed by atoms with Gasteiger partial charge in [0.25, 0.3) is 0 Å². The first-order chi connectivity index (χ1) is 10.1. The molecule has 1 atom stereocenters. The number of aromatic nitrogens is 3. The summed E-state index contributed by atoms with van der Waals surface area (Å²) < 4.78 is 2.15. The van der Waals surface area contributed by atoms with Crippen LogP contribution >= 0.6 is 11.3 Å². The van der Waals surface area contributed by atoms with E-state index in [1.165, 1.54) is 0 Å². The predicted molar refractivity (Wildman–Crippen MR) is 82.4 cm³/mol. The normalized spacial score (nSPS) is 17.5. The molecule has 1 N–H and O–H groups in total. The molecule has 0 saturated heterocycles. The van der Waals surface area contributed by atoms with Gasteiger partial charge in [0.1, 0.15) is 5.82 Å². The van der Waals surface area contributed by atoms with Gasteiger partial charge in [-0.1, -0.05) is 6.92 Å². The summed E-state index contributed by atoms with van der Waals surface area (Å²) >= 11 is 1.63.